The maximum atomic E-state index is 12.2. The van der Waals surface area contributed by atoms with E-state index in [1.807, 2.05) is 0 Å². The summed E-state index contributed by atoms with van der Waals surface area (Å²) in [5, 5.41) is 0. The molecule has 0 heterocycles. The van der Waals surface area contributed by atoms with Crippen LogP contribution in [0.4, 0.5) is 4.39 Å². The first-order valence-corrected chi connectivity index (χ1v) is 2.55. The van der Waals surface area contributed by atoms with Crippen molar-refractivity contribution in [3.63, 3.8) is 0 Å². The Kier molecular flexibility index (Phi) is 3.15. The summed E-state index contributed by atoms with van der Waals surface area (Å²) >= 11 is 0. The van der Waals surface area contributed by atoms with Gasteiger partial charge in [0.2, 0.25) is 0 Å². The van der Waals surface area contributed by atoms with Gasteiger partial charge >= 0.3 is 0 Å². The largest absolute Gasteiger partial charge is 0.339 e. The molecule has 0 aliphatic carbocycles. The molecule has 8 heavy (non-hydrogen) atoms. The van der Waals surface area contributed by atoms with Crippen LogP contribution in [-0.4, -0.2) is 31.6 Å². The average Bonchev–Trinajstić information content (AvgIpc) is 1.67. The SMILES string of the molecule is CC/N=C(/F)N(C)C. The molecule has 0 bridgehead atoms. The summed E-state index contributed by atoms with van der Waals surface area (Å²) in [7, 11) is 3.24. The molecule has 0 N–H and O–H groups in total. The molecule has 3 heteroatoms. The normalized spacial score (nSPS) is 11.8. The van der Waals surface area contributed by atoms with Gasteiger partial charge in [-0.2, -0.15) is 4.39 Å². The molecular weight excluding hydrogens is 107 g/mol. The van der Waals surface area contributed by atoms with Gasteiger partial charge in [-0.1, -0.05) is 0 Å². The highest BCUT2D eigenvalue weighted by atomic mass is 19.1. The molecule has 0 spiro atoms. The van der Waals surface area contributed by atoms with Gasteiger partial charge in [0.05, 0.1) is 0 Å². The Morgan fingerprint density at radius 2 is 2.12 bits per heavy atom. The lowest BCUT2D eigenvalue weighted by Crippen LogP contribution is -2.17. The fraction of sp³-hybridized carbons (Fsp3) is 0.800. The second kappa shape index (κ2) is 3.41. The number of nitrogens with zero attached hydrogens (tertiary/aromatic N) is 2. The zero-order valence-corrected chi connectivity index (χ0v) is 5.48. The summed E-state index contributed by atoms with van der Waals surface area (Å²) in [6, 6.07) is 0. The second-order valence-corrected chi connectivity index (χ2v) is 1.64. The van der Waals surface area contributed by atoms with Gasteiger partial charge in [0, 0.05) is 20.6 Å². The van der Waals surface area contributed by atoms with Crippen LogP contribution in [0, 0.1) is 0 Å². The summed E-state index contributed by atoms with van der Waals surface area (Å²) < 4.78 is 12.2. The topological polar surface area (TPSA) is 15.6 Å². The highest BCUT2D eigenvalue weighted by molar-refractivity contribution is 5.71. The maximum Gasteiger partial charge on any atom is 0.279 e. The van der Waals surface area contributed by atoms with Crippen LogP contribution in [0.25, 0.3) is 0 Å². The lowest BCUT2D eigenvalue weighted by molar-refractivity contribution is 0.525. The number of amidine groups is 1. The Balaban J connectivity index is 3.61. The van der Waals surface area contributed by atoms with Crippen LogP contribution in [0.1, 0.15) is 6.92 Å². The Bertz CT molecular complexity index is 88.4. The molecule has 0 aliphatic heterocycles. The van der Waals surface area contributed by atoms with Gasteiger partial charge in [-0.3, -0.25) is 0 Å². The fourth-order valence-corrected chi connectivity index (χ4v) is 0.272. The summed E-state index contributed by atoms with van der Waals surface area (Å²) in [5.74, 6) is 0. The van der Waals surface area contributed by atoms with E-state index in [1.165, 1.54) is 4.90 Å². The maximum absolute atomic E-state index is 12.2. The molecule has 0 aromatic heterocycles. The van der Waals surface area contributed by atoms with Gasteiger partial charge < -0.3 is 4.90 Å². The Morgan fingerprint density at radius 3 is 2.25 bits per heavy atom. The molecule has 0 saturated heterocycles. The predicted octanol–water partition coefficient (Wildman–Crippen LogP) is 0.893. The van der Waals surface area contributed by atoms with Crippen molar-refractivity contribution in [1.82, 2.24) is 4.90 Å². The fourth-order valence-electron chi connectivity index (χ4n) is 0.272. The van der Waals surface area contributed by atoms with E-state index in [4.69, 9.17) is 0 Å². The van der Waals surface area contributed by atoms with Crippen molar-refractivity contribution >= 4 is 6.09 Å². The first kappa shape index (κ1) is 7.40. The van der Waals surface area contributed by atoms with Gasteiger partial charge in [0.15, 0.2) is 0 Å². The minimum atomic E-state index is -0.410. The molecule has 48 valence electrons. The Hall–Kier alpha value is -0.600. The standard InChI is InChI=1S/C5H11FN2/c1-4-7-5(6)8(2)3/h4H2,1-3H3/b7-5-. The third-order valence-electron chi connectivity index (χ3n) is 0.658. The zero-order valence-electron chi connectivity index (χ0n) is 5.48. The molecular formula is C5H11FN2. The highest BCUT2D eigenvalue weighted by Gasteiger charge is 1.93. The van der Waals surface area contributed by atoms with Crippen LogP contribution in [0.15, 0.2) is 4.99 Å². The van der Waals surface area contributed by atoms with E-state index in [0.717, 1.165) is 0 Å². The molecule has 0 amide bonds. The zero-order chi connectivity index (χ0) is 6.57. The summed E-state index contributed by atoms with van der Waals surface area (Å²) in [5.41, 5.74) is 0. The molecule has 2 nitrogen and oxygen atoms in total. The summed E-state index contributed by atoms with van der Waals surface area (Å²) in [6.45, 7) is 2.30. The van der Waals surface area contributed by atoms with E-state index in [-0.39, 0.29) is 0 Å². The van der Waals surface area contributed by atoms with E-state index >= 15 is 0 Å². The number of hydrogen-bond acceptors (Lipinski definition) is 1. The van der Waals surface area contributed by atoms with Gasteiger partial charge in [-0.05, 0) is 6.92 Å². The minimum Gasteiger partial charge on any atom is -0.339 e. The van der Waals surface area contributed by atoms with Crippen LogP contribution in [0.3, 0.4) is 0 Å². The molecule has 0 rings (SSSR count). The van der Waals surface area contributed by atoms with E-state index in [0.29, 0.717) is 6.54 Å². The quantitative estimate of drug-likeness (QED) is 0.283. The third kappa shape index (κ3) is 2.55. The molecule has 0 atom stereocenters. The van der Waals surface area contributed by atoms with Crippen molar-refractivity contribution in [2.24, 2.45) is 4.99 Å². The van der Waals surface area contributed by atoms with Gasteiger partial charge in [0.25, 0.3) is 6.09 Å². The van der Waals surface area contributed by atoms with Crippen LogP contribution >= 0.6 is 0 Å². The third-order valence-corrected chi connectivity index (χ3v) is 0.658. The second-order valence-electron chi connectivity index (χ2n) is 1.64. The number of aliphatic imine (C=N–C) groups is 1. The van der Waals surface area contributed by atoms with Crippen LogP contribution in [-0.2, 0) is 0 Å². The van der Waals surface area contributed by atoms with Crippen molar-refractivity contribution in [3.05, 3.63) is 0 Å². The van der Waals surface area contributed by atoms with E-state index in [1.54, 1.807) is 21.0 Å². The van der Waals surface area contributed by atoms with Gasteiger partial charge in [-0.25, -0.2) is 4.99 Å². The van der Waals surface area contributed by atoms with Crippen LogP contribution in [0.2, 0.25) is 0 Å². The monoisotopic (exact) mass is 118 g/mol. The first-order valence-electron chi connectivity index (χ1n) is 2.55. The number of hydrogen-bond donors (Lipinski definition) is 0. The smallest absolute Gasteiger partial charge is 0.279 e. The highest BCUT2D eigenvalue weighted by Crippen LogP contribution is 1.83. The molecule has 0 fully saturated rings. The van der Waals surface area contributed by atoms with Gasteiger partial charge in [-0.15, -0.1) is 0 Å². The molecule has 0 aliphatic rings. The lowest BCUT2D eigenvalue weighted by Gasteiger charge is -2.04. The molecule has 0 saturated carbocycles. The van der Waals surface area contributed by atoms with Crippen molar-refractivity contribution in [1.29, 1.82) is 0 Å². The molecule has 0 unspecified atom stereocenters. The van der Waals surface area contributed by atoms with Crippen molar-refractivity contribution in [2.75, 3.05) is 20.6 Å². The summed E-state index contributed by atoms with van der Waals surface area (Å²) in [4.78, 5) is 4.84. The van der Waals surface area contributed by atoms with Crippen LogP contribution in [0.5, 0.6) is 0 Å². The first-order chi connectivity index (χ1) is 3.68. The Morgan fingerprint density at radius 1 is 1.62 bits per heavy atom. The van der Waals surface area contributed by atoms with Crippen LogP contribution < -0.4 is 0 Å². The number of rotatable bonds is 1. The molecule has 0 aromatic rings. The predicted molar refractivity (Wildman–Crippen MR) is 32.8 cm³/mol. The van der Waals surface area contributed by atoms with E-state index in [2.05, 4.69) is 4.99 Å². The van der Waals surface area contributed by atoms with Gasteiger partial charge in [0.1, 0.15) is 0 Å². The number of halogens is 1. The molecule has 0 aromatic carbocycles. The lowest BCUT2D eigenvalue weighted by atomic mass is 10.8. The van der Waals surface area contributed by atoms with Crippen molar-refractivity contribution in [2.45, 2.75) is 6.92 Å². The summed E-state index contributed by atoms with van der Waals surface area (Å²) in [6.07, 6.45) is -0.410. The molecule has 0 radical (unpaired) electrons. The van der Waals surface area contributed by atoms with E-state index in [9.17, 15) is 4.39 Å². The minimum absolute atomic E-state index is 0.410. The Labute approximate surface area is 49.0 Å². The van der Waals surface area contributed by atoms with Crippen molar-refractivity contribution < 1.29 is 4.39 Å². The van der Waals surface area contributed by atoms with E-state index < -0.39 is 6.09 Å². The average molecular weight is 118 g/mol. The van der Waals surface area contributed by atoms with Crippen molar-refractivity contribution in [3.8, 4) is 0 Å².